The molecule has 1 aliphatic heterocycles. The monoisotopic (exact) mass is 449 g/mol. The zero-order valence-electron chi connectivity index (χ0n) is 14.8. The molecule has 6 nitrogen and oxygen atoms in total. The van der Waals surface area contributed by atoms with Gasteiger partial charge in [-0.05, 0) is 36.8 Å². The van der Waals surface area contributed by atoms with Crippen LogP contribution in [0.4, 0.5) is 5.13 Å². The van der Waals surface area contributed by atoms with Crippen molar-refractivity contribution in [1.29, 1.82) is 0 Å². The number of morpholine rings is 1. The number of hydrogen-bond donors (Lipinski definition) is 0. The van der Waals surface area contributed by atoms with Gasteiger partial charge in [0.1, 0.15) is 0 Å². The van der Waals surface area contributed by atoms with E-state index in [4.69, 9.17) is 9.15 Å². The number of hydrogen-bond acceptors (Lipinski definition) is 6. The summed E-state index contributed by atoms with van der Waals surface area (Å²) in [4.78, 5) is 21.8. The standard InChI is InChI=1S/C19H20BrN3O3S/c20-14-4-5-15-17(13-14)27-19(21-15)23(18(24)16-3-1-10-26-16)7-2-6-22-8-11-25-12-9-22/h1,3-5,10,13H,2,6-9,11-12H2. The second-order valence-electron chi connectivity index (χ2n) is 6.35. The second-order valence-corrected chi connectivity index (χ2v) is 8.27. The van der Waals surface area contributed by atoms with Crippen LogP contribution in [0.3, 0.4) is 0 Å². The zero-order valence-corrected chi connectivity index (χ0v) is 17.2. The molecule has 0 radical (unpaired) electrons. The summed E-state index contributed by atoms with van der Waals surface area (Å²) >= 11 is 5.01. The van der Waals surface area contributed by atoms with Crippen LogP contribution in [0.25, 0.3) is 10.2 Å². The molecule has 0 spiro atoms. The molecule has 1 aliphatic rings. The van der Waals surface area contributed by atoms with Gasteiger partial charge in [0.2, 0.25) is 0 Å². The fourth-order valence-corrected chi connectivity index (χ4v) is 4.64. The molecule has 8 heteroatoms. The number of rotatable bonds is 6. The summed E-state index contributed by atoms with van der Waals surface area (Å²) in [6.07, 6.45) is 2.39. The summed E-state index contributed by atoms with van der Waals surface area (Å²) in [6, 6.07) is 9.38. The normalized spacial score (nSPS) is 15.3. The molecular formula is C19H20BrN3O3S. The fourth-order valence-electron chi connectivity index (χ4n) is 3.10. The van der Waals surface area contributed by atoms with E-state index in [1.54, 1.807) is 17.0 Å². The first-order valence-corrected chi connectivity index (χ1v) is 10.5. The largest absolute Gasteiger partial charge is 0.459 e. The fraction of sp³-hybridized carbons (Fsp3) is 0.368. The van der Waals surface area contributed by atoms with E-state index >= 15 is 0 Å². The Kier molecular flexibility index (Phi) is 5.87. The van der Waals surface area contributed by atoms with Crippen LogP contribution < -0.4 is 4.90 Å². The summed E-state index contributed by atoms with van der Waals surface area (Å²) < 4.78 is 12.8. The van der Waals surface area contributed by atoms with Crippen molar-refractivity contribution in [3.05, 3.63) is 46.8 Å². The van der Waals surface area contributed by atoms with Crippen molar-refractivity contribution in [2.75, 3.05) is 44.3 Å². The number of anilines is 1. The van der Waals surface area contributed by atoms with Gasteiger partial charge in [0, 0.05) is 30.7 Å². The quantitative estimate of drug-likeness (QED) is 0.568. The van der Waals surface area contributed by atoms with E-state index < -0.39 is 0 Å². The number of thiazole rings is 1. The van der Waals surface area contributed by atoms with E-state index in [1.165, 1.54) is 17.6 Å². The van der Waals surface area contributed by atoms with E-state index in [0.717, 1.165) is 54.0 Å². The summed E-state index contributed by atoms with van der Waals surface area (Å²) in [5, 5.41) is 0.700. The van der Waals surface area contributed by atoms with Crippen LogP contribution in [0, 0.1) is 0 Å². The van der Waals surface area contributed by atoms with Gasteiger partial charge in [-0.1, -0.05) is 27.3 Å². The molecule has 1 saturated heterocycles. The summed E-state index contributed by atoms with van der Waals surface area (Å²) in [7, 11) is 0. The van der Waals surface area contributed by atoms with Crippen LogP contribution >= 0.6 is 27.3 Å². The number of ether oxygens (including phenoxy) is 1. The smallest absolute Gasteiger partial charge is 0.295 e. The second kappa shape index (κ2) is 8.52. The van der Waals surface area contributed by atoms with E-state index in [9.17, 15) is 4.79 Å². The van der Waals surface area contributed by atoms with Crippen molar-refractivity contribution < 1.29 is 13.9 Å². The molecule has 0 unspecified atom stereocenters. The number of fused-ring (bicyclic) bond motifs is 1. The van der Waals surface area contributed by atoms with Crippen molar-refractivity contribution in [3.63, 3.8) is 0 Å². The first-order chi connectivity index (χ1) is 13.2. The molecule has 0 atom stereocenters. The van der Waals surface area contributed by atoms with Crippen LogP contribution in [0.5, 0.6) is 0 Å². The molecule has 4 rings (SSSR count). The highest BCUT2D eigenvalue weighted by atomic mass is 79.9. The van der Waals surface area contributed by atoms with Crippen LogP contribution in [-0.2, 0) is 4.74 Å². The van der Waals surface area contributed by atoms with Gasteiger partial charge >= 0.3 is 0 Å². The lowest BCUT2D eigenvalue weighted by Crippen LogP contribution is -2.39. The Bertz CT molecular complexity index is 906. The lowest BCUT2D eigenvalue weighted by Gasteiger charge is -2.27. The Balaban J connectivity index is 1.53. The maximum Gasteiger partial charge on any atom is 0.295 e. The number of carbonyl (C=O) groups is 1. The molecule has 1 fully saturated rings. The predicted octanol–water partition coefficient (Wildman–Crippen LogP) is 4.02. The third kappa shape index (κ3) is 4.40. The molecule has 3 heterocycles. The number of nitrogens with zero attached hydrogens (tertiary/aromatic N) is 3. The van der Waals surface area contributed by atoms with E-state index in [0.29, 0.717) is 17.4 Å². The molecule has 2 aromatic heterocycles. The average molecular weight is 450 g/mol. The van der Waals surface area contributed by atoms with Crippen molar-refractivity contribution in [3.8, 4) is 0 Å². The lowest BCUT2D eigenvalue weighted by atomic mass is 10.3. The number of carbonyl (C=O) groups excluding carboxylic acids is 1. The van der Waals surface area contributed by atoms with Gasteiger partial charge in [-0.15, -0.1) is 0 Å². The molecule has 1 aromatic carbocycles. The molecule has 0 N–H and O–H groups in total. The minimum absolute atomic E-state index is 0.153. The van der Waals surface area contributed by atoms with Crippen molar-refractivity contribution >= 4 is 48.5 Å². The van der Waals surface area contributed by atoms with Gasteiger partial charge in [-0.25, -0.2) is 4.98 Å². The Labute approximate surface area is 169 Å². The van der Waals surface area contributed by atoms with Gasteiger partial charge in [0.05, 0.1) is 29.7 Å². The number of amides is 1. The molecular weight excluding hydrogens is 430 g/mol. The molecule has 1 amide bonds. The summed E-state index contributed by atoms with van der Waals surface area (Å²) in [5.74, 6) is 0.182. The molecule has 0 aliphatic carbocycles. The predicted molar refractivity (Wildman–Crippen MR) is 110 cm³/mol. The van der Waals surface area contributed by atoms with Crippen LogP contribution in [0.15, 0.2) is 45.5 Å². The number of furan rings is 1. The van der Waals surface area contributed by atoms with Crippen LogP contribution in [0.2, 0.25) is 0 Å². The maximum absolute atomic E-state index is 13.0. The van der Waals surface area contributed by atoms with Gasteiger partial charge < -0.3 is 9.15 Å². The van der Waals surface area contributed by atoms with Gasteiger partial charge in [0.25, 0.3) is 5.91 Å². The highest BCUT2D eigenvalue weighted by Crippen LogP contribution is 2.31. The molecule has 27 heavy (non-hydrogen) atoms. The third-order valence-corrected chi connectivity index (χ3v) is 6.04. The zero-order chi connectivity index (χ0) is 18.6. The summed E-state index contributed by atoms with van der Waals surface area (Å²) in [5.41, 5.74) is 0.892. The van der Waals surface area contributed by atoms with E-state index in [-0.39, 0.29) is 5.91 Å². The highest BCUT2D eigenvalue weighted by Gasteiger charge is 2.23. The van der Waals surface area contributed by atoms with E-state index in [2.05, 4.69) is 25.8 Å². The minimum atomic E-state index is -0.153. The van der Waals surface area contributed by atoms with E-state index in [1.807, 2.05) is 18.2 Å². The molecule has 0 bridgehead atoms. The highest BCUT2D eigenvalue weighted by molar-refractivity contribution is 9.10. The number of aromatic nitrogens is 1. The third-order valence-electron chi connectivity index (χ3n) is 4.51. The molecule has 142 valence electrons. The van der Waals surface area contributed by atoms with Crippen molar-refractivity contribution in [2.24, 2.45) is 0 Å². The average Bonchev–Trinajstić information content (AvgIpc) is 3.35. The van der Waals surface area contributed by atoms with Crippen LogP contribution in [0.1, 0.15) is 17.0 Å². The maximum atomic E-state index is 13.0. The van der Waals surface area contributed by atoms with Gasteiger partial charge in [0.15, 0.2) is 10.9 Å². The SMILES string of the molecule is O=C(c1ccco1)N(CCCN1CCOCC1)c1nc2ccc(Br)cc2s1. The summed E-state index contributed by atoms with van der Waals surface area (Å²) in [6.45, 7) is 4.98. The van der Waals surface area contributed by atoms with Crippen molar-refractivity contribution in [2.45, 2.75) is 6.42 Å². The lowest BCUT2D eigenvalue weighted by molar-refractivity contribution is 0.0376. The molecule has 3 aromatic rings. The first-order valence-electron chi connectivity index (χ1n) is 8.92. The Morgan fingerprint density at radius 1 is 1.30 bits per heavy atom. The Hall–Kier alpha value is -1.74. The Morgan fingerprint density at radius 2 is 2.15 bits per heavy atom. The minimum Gasteiger partial charge on any atom is -0.459 e. The molecule has 0 saturated carbocycles. The van der Waals surface area contributed by atoms with Crippen molar-refractivity contribution in [1.82, 2.24) is 9.88 Å². The first kappa shape index (κ1) is 18.6. The van der Waals surface area contributed by atoms with Crippen LogP contribution in [-0.4, -0.2) is 55.2 Å². The topological polar surface area (TPSA) is 58.8 Å². The Morgan fingerprint density at radius 3 is 2.93 bits per heavy atom. The van der Waals surface area contributed by atoms with Gasteiger partial charge in [-0.2, -0.15) is 0 Å². The van der Waals surface area contributed by atoms with Gasteiger partial charge in [-0.3, -0.25) is 14.6 Å². The number of benzene rings is 1. The number of halogens is 1.